The molecule has 3 nitrogen and oxygen atoms in total. The Labute approximate surface area is 166 Å². The first kappa shape index (κ1) is 18.1. The van der Waals surface area contributed by atoms with Gasteiger partial charge in [0.1, 0.15) is 0 Å². The second kappa shape index (κ2) is 7.40. The van der Waals surface area contributed by atoms with Crippen molar-refractivity contribution >= 4 is 28.9 Å². The van der Waals surface area contributed by atoms with Crippen molar-refractivity contribution in [3.63, 3.8) is 0 Å². The van der Waals surface area contributed by atoms with Gasteiger partial charge in [-0.15, -0.1) is 0 Å². The van der Waals surface area contributed by atoms with Crippen LogP contribution < -0.4 is 4.90 Å². The summed E-state index contributed by atoms with van der Waals surface area (Å²) in [6, 6.07) is 12.8. The maximum atomic E-state index is 6.54. The normalized spacial score (nSPS) is 21.7. The van der Waals surface area contributed by atoms with E-state index in [1.165, 1.54) is 22.4 Å². The highest BCUT2D eigenvalue weighted by Gasteiger charge is 2.29. The van der Waals surface area contributed by atoms with Crippen molar-refractivity contribution in [2.24, 2.45) is 0 Å². The Morgan fingerprint density at radius 1 is 0.885 bits per heavy atom. The number of halogens is 2. The van der Waals surface area contributed by atoms with Crippen LogP contribution in [-0.4, -0.2) is 56.6 Å². The minimum atomic E-state index is 0.288. The lowest BCUT2D eigenvalue weighted by atomic mass is 9.83. The summed E-state index contributed by atoms with van der Waals surface area (Å²) in [6.07, 6.45) is 0. The molecule has 1 unspecified atom stereocenters. The quantitative estimate of drug-likeness (QED) is 0.756. The third kappa shape index (κ3) is 3.46. The van der Waals surface area contributed by atoms with Gasteiger partial charge in [0.15, 0.2) is 0 Å². The number of para-hydroxylation sites is 1. The first-order valence-corrected chi connectivity index (χ1v) is 9.97. The molecule has 1 saturated heterocycles. The summed E-state index contributed by atoms with van der Waals surface area (Å²) < 4.78 is 0. The van der Waals surface area contributed by atoms with Gasteiger partial charge < -0.3 is 14.7 Å². The Bertz CT molecular complexity index is 800. The van der Waals surface area contributed by atoms with Crippen LogP contribution in [-0.2, 0) is 6.54 Å². The van der Waals surface area contributed by atoms with Crippen LogP contribution >= 0.6 is 23.2 Å². The van der Waals surface area contributed by atoms with Gasteiger partial charge in [-0.3, -0.25) is 0 Å². The average Bonchev–Trinajstić information content (AvgIpc) is 2.63. The van der Waals surface area contributed by atoms with Gasteiger partial charge in [-0.05, 0) is 49.0 Å². The molecule has 2 aliphatic rings. The summed E-state index contributed by atoms with van der Waals surface area (Å²) in [4.78, 5) is 7.27. The maximum absolute atomic E-state index is 6.54. The lowest BCUT2D eigenvalue weighted by molar-refractivity contribution is 0.294. The Morgan fingerprint density at radius 2 is 1.62 bits per heavy atom. The van der Waals surface area contributed by atoms with Crippen molar-refractivity contribution < 1.29 is 0 Å². The second-order valence-electron chi connectivity index (χ2n) is 7.55. The molecule has 26 heavy (non-hydrogen) atoms. The minimum absolute atomic E-state index is 0.288. The number of piperazine rings is 1. The highest BCUT2D eigenvalue weighted by Crippen LogP contribution is 2.41. The van der Waals surface area contributed by atoms with Crippen LogP contribution in [0.1, 0.15) is 22.6 Å². The molecule has 0 aliphatic carbocycles. The molecule has 1 fully saturated rings. The number of hydrogen-bond acceptors (Lipinski definition) is 3. The van der Waals surface area contributed by atoms with E-state index in [1.54, 1.807) is 0 Å². The smallest absolute Gasteiger partial charge is 0.0468 e. The maximum Gasteiger partial charge on any atom is 0.0468 e. The van der Waals surface area contributed by atoms with Gasteiger partial charge >= 0.3 is 0 Å². The van der Waals surface area contributed by atoms with E-state index in [0.717, 1.165) is 49.3 Å². The minimum Gasteiger partial charge on any atom is -0.369 e. The predicted octanol–water partition coefficient (Wildman–Crippen LogP) is 4.32. The van der Waals surface area contributed by atoms with Gasteiger partial charge in [0, 0.05) is 60.9 Å². The molecule has 0 saturated carbocycles. The molecule has 2 heterocycles. The number of nitrogens with zero attached hydrogens (tertiary/aromatic N) is 3. The molecule has 2 aromatic rings. The standard InChI is InChI=1S/C21H25Cl2N3/c1-24-7-9-26(10-8-24)21-6-4-3-5-16(21)18-13-25(2)14-19-17(18)11-15(22)12-20(19)23/h3-6,11-12,18H,7-10,13-14H2,1-2H3. The molecule has 1 atom stereocenters. The molecular formula is C21H25Cl2N3. The molecule has 0 amide bonds. The zero-order chi connectivity index (χ0) is 18.3. The number of rotatable bonds is 2. The van der Waals surface area contributed by atoms with E-state index in [0.29, 0.717) is 0 Å². The van der Waals surface area contributed by atoms with Crippen LogP contribution in [0.2, 0.25) is 10.0 Å². The average molecular weight is 390 g/mol. The summed E-state index contributed by atoms with van der Waals surface area (Å²) in [5, 5.41) is 1.50. The van der Waals surface area contributed by atoms with Crippen LogP contribution in [0.5, 0.6) is 0 Å². The Hall–Kier alpha value is -1.26. The van der Waals surface area contributed by atoms with Gasteiger partial charge in [0.05, 0.1) is 0 Å². The fourth-order valence-corrected chi connectivity index (χ4v) is 4.80. The summed E-state index contributed by atoms with van der Waals surface area (Å²) in [6.45, 7) is 6.20. The lowest BCUT2D eigenvalue weighted by Crippen LogP contribution is -2.45. The van der Waals surface area contributed by atoms with Crippen molar-refractivity contribution in [3.05, 3.63) is 63.1 Å². The van der Waals surface area contributed by atoms with Crippen LogP contribution in [0.25, 0.3) is 0 Å². The lowest BCUT2D eigenvalue weighted by Gasteiger charge is -2.38. The summed E-state index contributed by atoms with van der Waals surface area (Å²) in [5.74, 6) is 0.288. The van der Waals surface area contributed by atoms with Crippen LogP contribution in [0.3, 0.4) is 0 Å². The number of anilines is 1. The summed E-state index contributed by atoms with van der Waals surface area (Å²) in [7, 11) is 4.36. The van der Waals surface area contributed by atoms with E-state index in [2.05, 4.69) is 59.1 Å². The van der Waals surface area contributed by atoms with Crippen LogP contribution in [0, 0.1) is 0 Å². The molecule has 0 spiro atoms. The van der Waals surface area contributed by atoms with Gasteiger partial charge in [-0.1, -0.05) is 41.4 Å². The third-order valence-corrected chi connectivity index (χ3v) is 6.20. The van der Waals surface area contributed by atoms with Crippen molar-refractivity contribution in [2.45, 2.75) is 12.5 Å². The summed E-state index contributed by atoms with van der Waals surface area (Å²) in [5.41, 5.74) is 5.22. The van der Waals surface area contributed by atoms with E-state index < -0.39 is 0 Å². The van der Waals surface area contributed by atoms with Gasteiger partial charge in [0.25, 0.3) is 0 Å². The number of benzene rings is 2. The molecule has 0 N–H and O–H groups in total. The fraction of sp³-hybridized carbons (Fsp3) is 0.429. The number of likely N-dealkylation sites (N-methyl/N-ethyl adjacent to an activating group) is 2. The van der Waals surface area contributed by atoms with Gasteiger partial charge in [0.2, 0.25) is 0 Å². The monoisotopic (exact) mass is 389 g/mol. The van der Waals surface area contributed by atoms with Crippen molar-refractivity contribution in [2.75, 3.05) is 51.7 Å². The number of hydrogen-bond donors (Lipinski definition) is 0. The first-order chi connectivity index (χ1) is 12.5. The summed E-state index contributed by atoms with van der Waals surface area (Å²) >= 11 is 12.9. The zero-order valence-corrected chi connectivity index (χ0v) is 16.9. The molecule has 0 bridgehead atoms. The molecule has 5 heteroatoms. The van der Waals surface area contributed by atoms with E-state index >= 15 is 0 Å². The van der Waals surface area contributed by atoms with Crippen molar-refractivity contribution in [1.82, 2.24) is 9.80 Å². The van der Waals surface area contributed by atoms with Crippen molar-refractivity contribution in [1.29, 1.82) is 0 Å². The Kier molecular flexibility index (Phi) is 5.15. The molecule has 2 aromatic carbocycles. The Balaban J connectivity index is 1.77. The van der Waals surface area contributed by atoms with Crippen LogP contribution in [0.4, 0.5) is 5.69 Å². The van der Waals surface area contributed by atoms with Gasteiger partial charge in [-0.25, -0.2) is 0 Å². The fourth-order valence-electron chi connectivity index (χ4n) is 4.23. The third-order valence-electron chi connectivity index (χ3n) is 5.65. The highest BCUT2D eigenvalue weighted by atomic mass is 35.5. The highest BCUT2D eigenvalue weighted by molar-refractivity contribution is 6.35. The van der Waals surface area contributed by atoms with Crippen molar-refractivity contribution in [3.8, 4) is 0 Å². The SMILES string of the molecule is CN1CCN(c2ccccc2C2CN(C)Cc3c(Cl)cc(Cl)cc32)CC1. The predicted molar refractivity (Wildman–Crippen MR) is 111 cm³/mol. The van der Waals surface area contributed by atoms with Gasteiger partial charge in [-0.2, -0.15) is 0 Å². The number of fused-ring (bicyclic) bond motifs is 1. The van der Waals surface area contributed by atoms with E-state index in [4.69, 9.17) is 23.2 Å². The van der Waals surface area contributed by atoms with E-state index in [1.807, 2.05) is 6.07 Å². The topological polar surface area (TPSA) is 9.72 Å². The molecule has 0 aromatic heterocycles. The largest absolute Gasteiger partial charge is 0.369 e. The van der Waals surface area contributed by atoms with E-state index in [9.17, 15) is 0 Å². The zero-order valence-electron chi connectivity index (χ0n) is 15.4. The van der Waals surface area contributed by atoms with E-state index in [-0.39, 0.29) is 5.92 Å². The molecule has 2 aliphatic heterocycles. The molecule has 4 rings (SSSR count). The molecular weight excluding hydrogens is 365 g/mol. The Morgan fingerprint density at radius 3 is 2.38 bits per heavy atom. The molecule has 0 radical (unpaired) electrons. The second-order valence-corrected chi connectivity index (χ2v) is 8.40. The first-order valence-electron chi connectivity index (χ1n) is 9.21. The van der Waals surface area contributed by atoms with Crippen LogP contribution in [0.15, 0.2) is 36.4 Å². The molecule has 138 valence electrons.